The molecular weight excluding hydrogens is 190 g/mol. The lowest BCUT2D eigenvalue weighted by Gasteiger charge is -2.12. The van der Waals surface area contributed by atoms with E-state index in [4.69, 9.17) is 5.11 Å². The standard InChI is InChI=1S/C12H13NO2/c1-8-2-4-9(5-3-8)10-6-7-11(13-10)12(14)15/h2-5,7,10,13H,6H2,1H3,(H,14,15). The van der Waals surface area contributed by atoms with Crippen LogP contribution in [0.15, 0.2) is 36.0 Å². The predicted octanol–water partition coefficient (Wildman–Crippen LogP) is 2.00. The van der Waals surface area contributed by atoms with Gasteiger partial charge >= 0.3 is 5.97 Å². The van der Waals surface area contributed by atoms with Gasteiger partial charge in [-0.05, 0) is 18.9 Å². The number of benzene rings is 1. The number of nitrogens with one attached hydrogen (secondary N) is 1. The molecule has 0 aromatic heterocycles. The summed E-state index contributed by atoms with van der Waals surface area (Å²) in [6.07, 6.45) is 2.47. The third-order valence-corrected chi connectivity index (χ3v) is 2.60. The lowest BCUT2D eigenvalue weighted by Crippen LogP contribution is -2.19. The van der Waals surface area contributed by atoms with Gasteiger partial charge in [0, 0.05) is 0 Å². The van der Waals surface area contributed by atoms with Crippen molar-refractivity contribution < 1.29 is 9.90 Å². The Hall–Kier alpha value is -1.77. The highest BCUT2D eigenvalue weighted by Gasteiger charge is 2.21. The van der Waals surface area contributed by atoms with Crippen LogP contribution < -0.4 is 5.32 Å². The Kier molecular flexibility index (Phi) is 2.46. The number of rotatable bonds is 2. The fraction of sp³-hybridized carbons (Fsp3) is 0.250. The van der Waals surface area contributed by atoms with Crippen molar-refractivity contribution in [2.24, 2.45) is 0 Å². The molecule has 2 N–H and O–H groups in total. The molecule has 0 aliphatic carbocycles. The fourth-order valence-electron chi connectivity index (χ4n) is 1.71. The molecule has 1 aliphatic heterocycles. The average molecular weight is 203 g/mol. The van der Waals surface area contributed by atoms with Crippen LogP contribution in [0.1, 0.15) is 23.6 Å². The van der Waals surface area contributed by atoms with Gasteiger partial charge in [-0.3, -0.25) is 0 Å². The van der Waals surface area contributed by atoms with Gasteiger partial charge in [-0.25, -0.2) is 4.79 Å². The van der Waals surface area contributed by atoms with Crippen molar-refractivity contribution in [3.05, 3.63) is 47.2 Å². The number of carboxylic acids is 1. The van der Waals surface area contributed by atoms with Crippen LogP contribution in [0, 0.1) is 6.92 Å². The second-order valence-electron chi connectivity index (χ2n) is 3.77. The van der Waals surface area contributed by atoms with Gasteiger partial charge in [0.25, 0.3) is 0 Å². The third kappa shape index (κ3) is 2.01. The Morgan fingerprint density at radius 3 is 2.60 bits per heavy atom. The van der Waals surface area contributed by atoms with Gasteiger partial charge in [-0.2, -0.15) is 0 Å². The van der Waals surface area contributed by atoms with Crippen molar-refractivity contribution >= 4 is 5.97 Å². The Bertz CT molecular complexity index is 406. The van der Waals surface area contributed by atoms with E-state index in [1.54, 1.807) is 6.08 Å². The first-order chi connectivity index (χ1) is 7.16. The summed E-state index contributed by atoms with van der Waals surface area (Å²) in [6, 6.07) is 8.25. The maximum atomic E-state index is 10.7. The molecule has 2 rings (SSSR count). The molecule has 0 spiro atoms. The van der Waals surface area contributed by atoms with Crippen molar-refractivity contribution in [3.8, 4) is 0 Å². The molecular formula is C12H13NO2. The van der Waals surface area contributed by atoms with E-state index in [9.17, 15) is 4.79 Å². The van der Waals surface area contributed by atoms with Crippen molar-refractivity contribution in [2.45, 2.75) is 19.4 Å². The van der Waals surface area contributed by atoms with Crippen LogP contribution in [0.3, 0.4) is 0 Å². The van der Waals surface area contributed by atoms with Gasteiger partial charge in [-0.1, -0.05) is 35.9 Å². The quantitative estimate of drug-likeness (QED) is 0.772. The first kappa shape index (κ1) is 9.77. The normalized spacial score (nSPS) is 19.5. The third-order valence-electron chi connectivity index (χ3n) is 2.60. The van der Waals surface area contributed by atoms with Crippen LogP contribution in [0.4, 0.5) is 0 Å². The van der Waals surface area contributed by atoms with Gasteiger partial charge in [0.1, 0.15) is 5.70 Å². The highest BCUT2D eigenvalue weighted by Crippen LogP contribution is 2.24. The number of aryl methyl sites for hydroxylation is 1. The van der Waals surface area contributed by atoms with Crippen LogP contribution >= 0.6 is 0 Å². The fourth-order valence-corrected chi connectivity index (χ4v) is 1.71. The second-order valence-corrected chi connectivity index (χ2v) is 3.77. The van der Waals surface area contributed by atoms with Crippen LogP contribution in [0.5, 0.6) is 0 Å². The minimum absolute atomic E-state index is 0.108. The summed E-state index contributed by atoms with van der Waals surface area (Å²) in [5.74, 6) is -0.885. The zero-order valence-electron chi connectivity index (χ0n) is 8.53. The van der Waals surface area contributed by atoms with E-state index in [0.29, 0.717) is 5.70 Å². The van der Waals surface area contributed by atoms with Crippen LogP contribution in [0.2, 0.25) is 0 Å². The molecule has 0 bridgehead atoms. The van der Waals surface area contributed by atoms with Crippen LogP contribution in [-0.4, -0.2) is 11.1 Å². The molecule has 1 aromatic carbocycles. The van der Waals surface area contributed by atoms with Gasteiger partial charge in [0.05, 0.1) is 6.04 Å². The van der Waals surface area contributed by atoms with E-state index in [-0.39, 0.29) is 6.04 Å². The molecule has 1 aromatic rings. The number of carboxylic acid groups (broad SMARTS) is 1. The first-order valence-electron chi connectivity index (χ1n) is 4.93. The molecule has 0 saturated carbocycles. The van der Waals surface area contributed by atoms with Gasteiger partial charge < -0.3 is 10.4 Å². The Morgan fingerprint density at radius 1 is 1.40 bits per heavy atom. The maximum Gasteiger partial charge on any atom is 0.351 e. The summed E-state index contributed by atoms with van der Waals surface area (Å²) >= 11 is 0. The van der Waals surface area contributed by atoms with Crippen LogP contribution in [-0.2, 0) is 4.79 Å². The molecule has 0 saturated heterocycles. The minimum atomic E-state index is -0.885. The molecule has 0 radical (unpaired) electrons. The van der Waals surface area contributed by atoms with Crippen molar-refractivity contribution in [1.82, 2.24) is 5.32 Å². The number of hydrogen-bond acceptors (Lipinski definition) is 2. The van der Waals surface area contributed by atoms with E-state index in [2.05, 4.69) is 5.32 Å². The van der Waals surface area contributed by atoms with Gasteiger partial charge in [-0.15, -0.1) is 0 Å². The SMILES string of the molecule is Cc1ccc(C2CC=C(C(=O)O)N2)cc1. The van der Waals surface area contributed by atoms with E-state index in [1.165, 1.54) is 5.56 Å². The molecule has 3 nitrogen and oxygen atoms in total. The monoisotopic (exact) mass is 203 g/mol. The number of carbonyl (C=O) groups is 1. The Morgan fingerprint density at radius 2 is 2.07 bits per heavy atom. The lowest BCUT2D eigenvalue weighted by molar-refractivity contribution is -0.133. The molecule has 0 amide bonds. The summed E-state index contributed by atoms with van der Waals surface area (Å²) in [6.45, 7) is 2.03. The lowest BCUT2D eigenvalue weighted by atomic mass is 10.0. The summed E-state index contributed by atoms with van der Waals surface area (Å²) in [5, 5.41) is 11.8. The molecule has 78 valence electrons. The van der Waals surface area contributed by atoms with E-state index >= 15 is 0 Å². The first-order valence-corrected chi connectivity index (χ1v) is 4.93. The summed E-state index contributed by atoms with van der Waals surface area (Å²) in [4.78, 5) is 10.7. The molecule has 1 heterocycles. The van der Waals surface area contributed by atoms with Gasteiger partial charge in [0.15, 0.2) is 0 Å². The van der Waals surface area contributed by atoms with E-state index in [1.807, 2.05) is 31.2 Å². The summed E-state index contributed by atoms with van der Waals surface area (Å²) in [5.41, 5.74) is 2.65. The van der Waals surface area contributed by atoms with Crippen molar-refractivity contribution in [1.29, 1.82) is 0 Å². The molecule has 1 aliphatic rings. The highest BCUT2D eigenvalue weighted by molar-refractivity contribution is 5.86. The summed E-state index contributed by atoms with van der Waals surface area (Å²) in [7, 11) is 0. The zero-order chi connectivity index (χ0) is 10.8. The predicted molar refractivity (Wildman–Crippen MR) is 57.4 cm³/mol. The highest BCUT2D eigenvalue weighted by atomic mass is 16.4. The molecule has 1 unspecified atom stereocenters. The molecule has 0 fully saturated rings. The largest absolute Gasteiger partial charge is 0.477 e. The Balaban J connectivity index is 2.10. The number of hydrogen-bond donors (Lipinski definition) is 2. The topological polar surface area (TPSA) is 49.3 Å². The van der Waals surface area contributed by atoms with E-state index < -0.39 is 5.97 Å². The maximum absolute atomic E-state index is 10.7. The minimum Gasteiger partial charge on any atom is -0.477 e. The number of aliphatic carboxylic acids is 1. The summed E-state index contributed by atoms with van der Waals surface area (Å²) < 4.78 is 0. The van der Waals surface area contributed by atoms with E-state index in [0.717, 1.165) is 12.0 Å². The average Bonchev–Trinajstić information content (AvgIpc) is 2.68. The molecule has 1 atom stereocenters. The smallest absolute Gasteiger partial charge is 0.351 e. The van der Waals surface area contributed by atoms with Crippen molar-refractivity contribution in [2.75, 3.05) is 0 Å². The van der Waals surface area contributed by atoms with Gasteiger partial charge in [0.2, 0.25) is 0 Å². The van der Waals surface area contributed by atoms with Crippen LogP contribution in [0.25, 0.3) is 0 Å². The van der Waals surface area contributed by atoms with Crippen molar-refractivity contribution in [3.63, 3.8) is 0 Å². The second kappa shape index (κ2) is 3.77. The molecule has 3 heteroatoms. The zero-order valence-corrected chi connectivity index (χ0v) is 8.53. The Labute approximate surface area is 88.4 Å². The molecule has 15 heavy (non-hydrogen) atoms.